The SMILES string of the molecule is Nc1ccc(N=Nc2cc(Cl)ccc2Cl)c(N)n1. The van der Waals surface area contributed by atoms with Gasteiger partial charge >= 0.3 is 0 Å². The Morgan fingerprint density at radius 1 is 0.944 bits per heavy atom. The molecule has 0 aliphatic carbocycles. The highest BCUT2D eigenvalue weighted by molar-refractivity contribution is 6.35. The average Bonchev–Trinajstić information content (AvgIpc) is 2.32. The number of pyridine rings is 1. The summed E-state index contributed by atoms with van der Waals surface area (Å²) in [6.07, 6.45) is 0. The highest BCUT2D eigenvalue weighted by atomic mass is 35.5. The van der Waals surface area contributed by atoms with E-state index in [0.29, 0.717) is 27.2 Å². The predicted octanol–water partition coefficient (Wildman–Crippen LogP) is 3.97. The first kappa shape index (κ1) is 12.6. The summed E-state index contributed by atoms with van der Waals surface area (Å²) < 4.78 is 0. The molecule has 0 spiro atoms. The monoisotopic (exact) mass is 281 g/mol. The standard InChI is InChI=1S/C11H9Cl2N5/c12-6-1-2-7(13)9(5-6)18-17-8-3-4-10(14)16-11(8)15/h1-5H,(H4,14,15,16). The van der Waals surface area contributed by atoms with E-state index in [4.69, 9.17) is 34.7 Å². The molecule has 0 radical (unpaired) electrons. The van der Waals surface area contributed by atoms with Gasteiger partial charge in [-0.2, -0.15) is 0 Å². The molecule has 0 saturated carbocycles. The number of azo groups is 1. The summed E-state index contributed by atoms with van der Waals surface area (Å²) in [6.45, 7) is 0. The maximum atomic E-state index is 5.95. The van der Waals surface area contributed by atoms with Crippen molar-refractivity contribution >= 4 is 46.2 Å². The Kier molecular flexibility index (Phi) is 3.64. The number of aromatic nitrogens is 1. The van der Waals surface area contributed by atoms with Crippen LogP contribution in [-0.2, 0) is 0 Å². The molecular formula is C11H9Cl2N5. The number of hydrogen-bond donors (Lipinski definition) is 2. The zero-order valence-corrected chi connectivity index (χ0v) is 10.7. The molecule has 2 rings (SSSR count). The molecule has 0 bridgehead atoms. The van der Waals surface area contributed by atoms with E-state index in [9.17, 15) is 0 Å². The van der Waals surface area contributed by atoms with Crippen LogP contribution in [0.1, 0.15) is 0 Å². The van der Waals surface area contributed by atoms with Crippen molar-refractivity contribution in [1.29, 1.82) is 0 Å². The maximum Gasteiger partial charge on any atom is 0.153 e. The van der Waals surface area contributed by atoms with Crippen LogP contribution in [0.5, 0.6) is 0 Å². The average molecular weight is 282 g/mol. The van der Waals surface area contributed by atoms with Crippen molar-refractivity contribution in [3.8, 4) is 0 Å². The van der Waals surface area contributed by atoms with Crippen molar-refractivity contribution in [3.63, 3.8) is 0 Å². The van der Waals surface area contributed by atoms with Crippen molar-refractivity contribution in [2.75, 3.05) is 11.5 Å². The van der Waals surface area contributed by atoms with E-state index >= 15 is 0 Å². The lowest BCUT2D eigenvalue weighted by Crippen LogP contribution is -1.95. The lowest BCUT2D eigenvalue weighted by atomic mass is 10.3. The third-order valence-corrected chi connectivity index (χ3v) is 2.65. The van der Waals surface area contributed by atoms with E-state index in [1.54, 1.807) is 30.3 Å². The van der Waals surface area contributed by atoms with Crippen LogP contribution in [0.4, 0.5) is 23.0 Å². The normalized spacial score (nSPS) is 11.0. The van der Waals surface area contributed by atoms with Gasteiger partial charge in [0.2, 0.25) is 0 Å². The number of benzene rings is 1. The molecule has 1 heterocycles. The second-order valence-electron chi connectivity index (χ2n) is 3.44. The van der Waals surface area contributed by atoms with Gasteiger partial charge in [-0.15, -0.1) is 10.2 Å². The summed E-state index contributed by atoms with van der Waals surface area (Å²) in [7, 11) is 0. The van der Waals surface area contributed by atoms with Crippen LogP contribution in [-0.4, -0.2) is 4.98 Å². The quantitative estimate of drug-likeness (QED) is 0.816. The van der Waals surface area contributed by atoms with E-state index in [1.165, 1.54) is 0 Å². The number of anilines is 2. The van der Waals surface area contributed by atoms with Gasteiger partial charge in [0.15, 0.2) is 5.82 Å². The van der Waals surface area contributed by atoms with E-state index in [-0.39, 0.29) is 5.82 Å². The van der Waals surface area contributed by atoms with Crippen LogP contribution in [0.15, 0.2) is 40.6 Å². The van der Waals surface area contributed by atoms with Crippen LogP contribution in [0.25, 0.3) is 0 Å². The minimum atomic E-state index is 0.205. The van der Waals surface area contributed by atoms with Crippen LogP contribution < -0.4 is 11.5 Å². The van der Waals surface area contributed by atoms with Crippen molar-refractivity contribution in [2.45, 2.75) is 0 Å². The maximum absolute atomic E-state index is 5.95. The molecule has 1 aromatic heterocycles. The molecule has 1 aromatic carbocycles. The molecule has 18 heavy (non-hydrogen) atoms. The van der Waals surface area contributed by atoms with Gasteiger partial charge in [0, 0.05) is 5.02 Å². The Morgan fingerprint density at radius 3 is 2.39 bits per heavy atom. The predicted molar refractivity (Wildman–Crippen MR) is 73.7 cm³/mol. The second-order valence-corrected chi connectivity index (χ2v) is 4.28. The molecule has 0 atom stereocenters. The molecule has 5 nitrogen and oxygen atoms in total. The van der Waals surface area contributed by atoms with Crippen molar-refractivity contribution < 1.29 is 0 Å². The van der Waals surface area contributed by atoms with E-state index in [2.05, 4.69) is 15.2 Å². The molecule has 4 N–H and O–H groups in total. The van der Waals surface area contributed by atoms with Crippen LogP contribution in [0, 0.1) is 0 Å². The molecule has 2 aromatic rings. The molecule has 0 amide bonds. The molecule has 92 valence electrons. The lowest BCUT2D eigenvalue weighted by molar-refractivity contribution is 1.21. The number of hydrogen-bond acceptors (Lipinski definition) is 5. The molecule has 0 aliphatic heterocycles. The van der Waals surface area contributed by atoms with Gasteiger partial charge in [0.25, 0.3) is 0 Å². The first-order chi connectivity index (χ1) is 8.56. The minimum Gasteiger partial charge on any atom is -0.384 e. The van der Waals surface area contributed by atoms with Crippen LogP contribution >= 0.6 is 23.2 Å². The summed E-state index contributed by atoms with van der Waals surface area (Å²) in [5.74, 6) is 0.532. The lowest BCUT2D eigenvalue weighted by Gasteiger charge is -2.00. The fraction of sp³-hybridized carbons (Fsp3) is 0. The Labute approximate surface area is 113 Å². The summed E-state index contributed by atoms with van der Waals surface area (Å²) in [4.78, 5) is 3.87. The number of nitrogen functional groups attached to an aromatic ring is 2. The van der Waals surface area contributed by atoms with E-state index in [0.717, 1.165) is 0 Å². The largest absolute Gasteiger partial charge is 0.384 e. The highest BCUT2D eigenvalue weighted by Crippen LogP contribution is 2.30. The van der Waals surface area contributed by atoms with E-state index in [1.807, 2.05) is 0 Å². The number of halogens is 2. The van der Waals surface area contributed by atoms with Gasteiger partial charge < -0.3 is 11.5 Å². The van der Waals surface area contributed by atoms with Crippen LogP contribution in [0.2, 0.25) is 10.0 Å². The smallest absolute Gasteiger partial charge is 0.153 e. The Hall–Kier alpha value is -1.85. The van der Waals surface area contributed by atoms with Gasteiger partial charge in [-0.05, 0) is 30.3 Å². The van der Waals surface area contributed by atoms with Gasteiger partial charge in [0.05, 0.1) is 5.02 Å². The molecule has 0 aliphatic rings. The fourth-order valence-electron chi connectivity index (χ4n) is 1.24. The minimum absolute atomic E-state index is 0.205. The first-order valence-corrected chi connectivity index (χ1v) is 5.70. The summed E-state index contributed by atoms with van der Waals surface area (Å²) in [5, 5.41) is 8.91. The fourth-order valence-corrected chi connectivity index (χ4v) is 1.56. The zero-order valence-electron chi connectivity index (χ0n) is 9.14. The molecule has 0 unspecified atom stereocenters. The van der Waals surface area contributed by atoms with Crippen molar-refractivity contribution in [2.24, 2.45) is 10.2 Å². The number of nitrogens with zero attached hydrogens (tertiary/aromatic N) is 3. The summed E-state index contributed by atoms with van der Waals surface area (Å²) >= 11 is 11.8. The van der Waals surface area contributed by atoms with Crippen molar-refractivity contribution in [3.05, 3.63) is 40.4 Å². The third kappa shape index (κ3) is 2.88. The van der Waals surface area contributed by atoms with Crippen molar-refractivity contribution in [1.82, 2.24) is 4.98 Å². The second kappa shape index (κ2) is 5.20. The van der Waals surface area contributed by atoms with Gasteiger partial charge in [-0.1, -0.05) is 23.2 Å². The summed E-state index contributed by atoms with van der Waals surface area (Å²) in [5.41, 5.74) is 12.0. The Balaban J connectivity index is 2.32. The van der Waals surface area contributed by atoms with Gasteiger partial charge in [-0.25, -0.2) is 4.98 Å². The van der Waals surface area contributed by atoms with Gasteiger partial charge in [0.1, 0.15) is 17.2 Å². The molecule has 0 saturated heterocycles. The Bertz CT molecular complexity index is 612. The molecular weight excluding hydrogens is 273 g/mol. The highest BCUT2D eigenvalue weighted by Gasteiger charge is 2.02. The first-order valence-electron chi connectivity index (χ1n) is 4.95. The molecule has 0 fully saturated rings. The summed E-state index contributed by atoms with van der Waals surface area (Å²) in [6, 6.07) is 8.13. The van der Waals surface area contributed by atoms with Gasteiger partial charge in [-0.3, -0.25) is 0 Å². The third-order valence-electron chi connectivity index (χ3n) is 2.10. The molecule has 7 heteroatoms. The zero-order chi connectivity index (χ0) is 13.1. The Morgan fingerprint density at radius 2 is 1.67 bits per heavy atom. The number of nitrogens with two attached hydrogens (primary N) is 2. The van der Waals surface area contributed by atoms with Crippen LogP contribution in [0.3, 0.4) is 0 Å². The topological polar surface area (TPSA) is 89.6 Å². The van der Waals surface area contributed by atoms with E-state index < -0.39 is 0 Å². The number of rotatable bonds is 2.